The minimum atomic E-state index is -0.606. The van der Waals surface area contributed by atoms with Gasteiger partial charge in [0.1, 0.15) is 36.0 Å². The molecule has 0 aliphatic carbocycles. The summed E-state index contributed by atoms with van der Waals surface area (Å²) in [5, 5.41) is 13.9. The number of benzene rings is 1. The third-order valence-corrected chi connectivity index (χ3v) is 5.40. The summed E-state index contributed by atoms with van der Waals surface area (Å²) in [6.45, 7) is 1.69. The van der Waals surface area contributed by atoms with Crippen molar-refractivity contribution >= 4 is 17.7 Å². The molecule has 3 aromatic rings. The first-order valence-corrected chi connectivity index (χ1v) is 9.82. The molecule has 0 bridgehead atoms. The molecule has 1 aromatic carbocycles. The number of carbonyl (C=O) groups is 2. The number of pyridine rings is 1. The van der Waals surface area contributed by atoms with Gasteiger partial charge in [-0.05, 0) is 22.6 Å². The van der Waals surface area contributed by atoms with E-state index in [1.54, 1.807) is 19.2 Å². The number of carbonyl (C=O) groups excluding carboxylic acids is 2. The molecule has 2 atom stereocenters. The van der Waals surface area contributed by atoms with E-state index in [0.29, 0.717) is 22.8 Å². The molecule has 2 aliphatic rings. The van der Waals surface area contributed by atoms with Gasteiger partial charge >= 0.3 is 6.09 Å². The van der Waals surface area contributed by atoms with Crippen LogP contribution in [0, 0.1) is 5.82 Å². The van der Waals surface area contributed by atoms with Gasteiger partial charge in [-0.3, -0.25) is 14.7 Å². The number of rotatable bonds is 4. The van der Waals surface area contributed by atoms with Crippen molar-refractivity contribution < 1.29 is 23.5 Å². The van der Waals surface area contributed by atoms with Crippen molar-refractivity contribution in [2.75, 3.05) is 18.1 Å². The lowest BCUT2D eigenvalue weighted by molar-refractivity contribution is -0.119. The summed E-state index contributed by atoms with van der Waals surface area (Å²) in [6, 6.07) is 5.73. The number of aryl methyl sites for hydroxylation is 1. The summed E-state index contributed by atoms with van der Waals surface area (Å²) in [4.78, 5) is 29.4. The highest BCUT2D eigenvalue weighted by Crippen LogP contribution is 2.42. The maximum absolute atomic E-state index is 15.1. The van der Waals surface area contributed by atoms with Crippen LogP contribution in [0.3, 0.4) is 0 Å². The standard InChI is InChI=1S/C20H18FN7O4/c1-10(29)22-8-18-16-9-31-17-5-12(13(21)6-15(17)28(16)20(30)32-18)11-3-4-14(23-7-11)19-24-25-26-27(19)2/h3-7,16,18H,8-9H2,1-2H3,(H,22,29). The summed E-state index contributed by atoms with van der Waals surface area (Å²) < 4.78 is 27.8. The molecule has 2 unspecified atom stereocenters. The van der Waals surface area contributed by atoms with Crippen LogP contribution in [0.5, 0.6) is 5.75 Å². The number of nitrogens with one attached hydrogen (secondary N) is 1. The van der Waals surface area contributed by atoms with Crippen molar-refractivity contribution in [2.45, 2.75) is 19.1 Å². The molecule has 4 heterocycles. The second-order valence-electron chi connectivity index (χ2n) is 7.47. The zero-order chi connectivity index (χ0) is 22.4. The lowest BCUT2D eigenvalue weighted by Gasteiger charge is -2.31. The Labute approximate surface area is 181 Å². The average Bonchev–Trinajstić information content (AvgIpc) is 3.35. The van der Waals surface area contributed by atoms with Gasteiger partial charge in [0, 0.05) is 37.4 Å². The summed E-state index contributed by atoms with van der Waals surface area (Å²) >= 11 is 0. The molecule has 5 rings (SSSR count). The molecule has 1 saturated heterocycles. The quantitative estimate of drug-likeness (QED) is 0.645. The second-order valence-corrected chi connectivity index (χ2v) is 7.47. The van der Waals surface area contributed by atoms with E-state index in [4.69, 9.17) is 9.47 Å². The van der Waals surface area contributed by atoms with E-state index in [0.717, 1.165) is 0 Å². The highest BCUT2D eigenvalue weighted by Gasteiger charge is 2.46. The lowest BCUT2D eigenvalue weighted by atomic mass is 10.0. The summed E-state index contributed by atoms with van der Waals surface area (Å²) in [6.07, 6.45) is 0.327. The van der Waals surface area contributed by atoms with E-state index < -0.39 is 24.1 Å². The number of ether oxygens (including phenoxy) is 2. The SMILES string of the molecule is CC(=O)NCC1OC(=O)N2c3cc(F)c(-c4ccc(-c5nnnn5C)nc4)cc3OCC12. The number of fused-ring (bicyclic) bond motifs is 3. The van der Waals surface area contributed by atoms with Crippen LogP contribution in [-0.2, 0) is 16.6 Å². The van der Waals surface area contributed by atoms with Crippen LogP contribution in [0.4, 0.5) is 14.9 Å². The largest absolute Gasteiger partial charge is 0.489 e. The van der Waals surface area contributed by atoms with Crippen LogP contribution >= 0.6 is 0 Å². The van der Waals surface area contributed by atoms with Gasteiger partial charge in [0.25, 0.3) is 0 Å². The number of anilines is 1. The summed E-state index contributed by atoms with van der Waals surface area (Å²) in [5.41, 5.74) is 1.64. The monoisotopic (exact) mass is 439 g/mol. The zero-order valence-electron chi connectivity index (χ0n) is 17.1. The molecule has 12 heteroatoms. The van der Waals surface area contributed by atoms with Crippen molar-refractivity contribution in [3.8, 4) is 28.4 Å². The predicted molar refractivity (Wildman–Crippen MR) is 108 cm³/mol. The smallest absolute Gasteiger partial charge is 0.415 e. The van der Waals surface area contributed by atoms with E-state index in [-0.39, 0.29) is 30.3 Å². The third kappa shape index (κ3) is 3.29. The van der Waals surface area contributed by atoms with Crippen molar-refractivity contribution in [3.63, 3.8) is 0 Å². The van der Waals surface area contributed by atoms with E-state index in [2.05, 4.69) is 25.8 Å². The molecule has 32 heavy (non-hydrogen) atoms. The van der Waals surface area contributed by atoms with Gasteiger partial charge in [0.2, 0.25) is 5.91 Å². The van der Waals surface area contributed by atoms with Crippen LogP contribution < -0.4 is 15.0 Å². The van der Waals surface area contributed by atoms with E-state index >= 15 is 4.39 Å². The Balaban J connectivity index is 1.44. The topological polar surface area (TPSA) is 124 Å². The molecule has 164 valence electrons. The maximum Gasteiger partial charge on any atom is 0.415 e. The number of hydrogen-bond acceptors (Lipinski definition) is 8. The molecule has 2 aromatic heterocycles. The van der Waals surface area contributed by atoms with Crippen LogP contribution in [-0.4, -0.2) is 62.5 Å². The lowest BCUT2D eigenvalue weighted by Crippen LogP contribution is -2.47. The van der Waals surface area contributed by atoms with E-state index in [1.165, 1.54) is 34.8 Å². The second kappa shape index (κ2) is 7.55. The fourth-order valence-corrected chi connectivity index (χ4v) is 3.82. The van der Waals surface area contributed by atoms with Crippen LogP contribution in [0.25, 0.3) is 22.6 Å². The number of aromatic nitrogens is 5. The molecule has 0 radical (unpaired) electrons. The number of nitrogens with zero attached hydrogens (tertiary/aromatic N) is 6. The van der Waals surface area contributed by atoms with Crippen molar-refractivity contribution in [1.29, 1.82) is 0 Å². The highest BCUT2D eigenvalue weighted by molar-refractivity contribution is 5.94. The van der Waals surface area contributed by atoms with Crippen molar-refractivity contribution in [3.05, 3.63) is 36.3 Å². The molecular formula is C20H18FN7O4. The fourth-order valence-electron chi connectivity index (χ4n) is 3.82. The van der Waals surface area contributed by atoms with Crippen LogP contribution in [0.2, 0.25) is 0 Å². The van der Waals surface area contributed by atoms with E-state index in [1.807, 2.05) is 0 Å². The van der Waals surface area contributed by atoms with Crippen molar-refractivity contribution in [1.82, 2.24) is 30.5 Å². The number of amides is 2. The van der Waals surface area contributed by atoms with Gasteiger partial charge in [-0.2, -0.15) is 0 Å². The Hall–Kier alpha value is -4.09. The van der Waals surface area contributed by atoms with Gasteiger partial charge in [0.05, 0.1) is 12.2 Å². The number of halogens is 1. The van der Waals surface area contributed by atoms with Gasteiger partial charge in [-0.1, -0.05) is 6.07 Å². The molecule has 0 spiro atoms. The van der Waals surface area contributed by atoms with Gasteiger partial charge in [0.15, 0.2) is 5.82 Å². The van der Waals surface area contributed by atoms with Gasteiger partial charge in [-0.15, -0.1) is 5.10 Å². The Bertz CT molecular complexity index is 1210. The van der Waals surface area contributed by atoms with Gasteiger partial charge < -0.3 is 14.8 Å². The molecule has 2 amide bonds. The average molecular weight is 439 g/mol. The Morgan fingerprint density at radius 3 is 2.88 bits per heavy atom. The Morgan fingerprint density at radius 1 is 1.34 bits per heavy atom. The number of cyclic esters (lactones) is 1. The van der Waals surface area contributed by atoms with Crippen LogP contribution in [0.1, 0.15) is 6.92 Å². The first kappa shape index (κ1) is 19.8. The minimum absolute atomic E-state index is 0.153. The number of tetrazole rings is 1. The van der Waals surface area contributed by atoms with Gasteiger partial charge in [-0.25, -0.2) is 13.9 Å². The first-order valence-electron chi connectivity index (χ1n) is 9.82. The minimum Gasteiger partial charge on any atom is -0.489 e. The normalized spacial score (nSPS) is 19.1. The number of hydrogen-bond donors (Lipinski definition) is 1. The maximum atomic E-state index is 15.1. The van der Waals surface area contributed by atoms with Crippen molar-refractivity contribution in [2.24, 2.45) is 7.05 Å². The molecule has 2 aliphatic heterocycles. The molecule has 1 fully saturated rings. The van der Waals surface area contributed by atoms with Crippen LogP contribution in [0.15, 0.2) is 30.5 Å². The molecular weight excluding hydrogens is 421 g/mol. The molecule has 11 nitrogen and oxygen atoms in total. The molecule has 1 N–H and O–H groups in total. The highest BCUT2D eigenvalue weighted by atomic mass is 19.1. The van der Waals surface area contributed by atoms with E-state index in [9.17, 15) is 9.59 Å². The first-order chi connectivity index (χ1) is 15.4. The fraction of sp³-hybridized carbons (Fsp3) is 0.300. The Kier molecular flexibility index (Phi) is 4.68. The predicted octanol–water partition coefficient (Wildman–Crippen LogP) is 1.30. The zero-order valence-corrected chi connectivity index (χ0v) is 17.1. The summed E-state index contributed by atoms with van der Waals surface area (Å²) in [7, 11) is 1.70. The molecule has 0 saturated carbocycles. The third-order valence-electron chi connectivity index (χ3n) is 5.40. The Morgan fingerprint density at radius 2 is 2.19 bits per heavy atom. The summed E-state index contributed by atoms with van der Waals surface area (Å²) in [5.74, 6) is 0.0675.